The van der Waals surface area contributed by atoms with Gasteiger partial charge >= 0.3 is 11.9 Å². The maximum atomic E-state index is 11.8. The first-order valence-corrected chi connectivity index (χ1v) is 6.30. The Balaban J connectivity index is 2.54. The van der Waals surface area contributed by atoms with E-state index in [-0.39, 0.29) is 0 Å². The normalized spacial score (nSPS) is 41.4. The highest BCUT2D eigenvalue weighted by atomic mass is 79.9. The molecular formula is C10H10Br2O4. The van der Waals surface area contributed by atoms with E-state index < -0.39 is 27.8 Å². The van der Waals surface area contributed by atoms with Crippen molar-refractivity contribution in [2.24, 2.45) is 5.41 Å². The van der Waals surface area contributed by atoms with Crippen molar-refractivity contribution in [3.63, 3.8) is 0 Å². The first-order chi connectivity index (χ1) is 7.35. The standard InChI is InChI=1S/C10H10Br2O4/c1-9(7(13)15-2)4-6-5(11)3-10(9,12)8(14)16-6/h3,6H,4H2,1-2H3/t6-,9-,10-/m0/s1. The molecule has 16 heavy (non-hydrogen) atoms. The largest absolute Gasteiger partial charge is 0.469 e. The summed E-state index contributed by atoms with van der Waals surface area (Å²) >= 11 is 6.65. The minimum Gasteiger partial charge on any atom is -0.469 e. The molecule has 0 aromatic carbocycles. The van der Waals surface area contributed by atoms with Crippen LogP contribution < -0.4 is 0 Å². The molecule has 2 heterocycles. The van der Waals surface area contributed by atoms with Gasteiger partial charge in [-0.2, -0.15) is 0 Å². The van der Waals surface area contributed by atoms with E-state index in [1.165, 1.54) is 7.11 Å². The molecule has 88 valence electrons. The van der Waals surface area contributed by atoms with Crippen molar-refractivity contribution >= 4 is 43.8 Å². The van der Waals surface area contributed by atoms with Crippen molar-refractivity contribution in [2.75, 3.05) is 7.11 Å². The Morgan fingerprint density at radius 1 is 1.69 bits per heavy atom. The summed E-state index contributed by atoms with van der Waals surface area (Å²) in [5.74, 6) is -0.859. The van der Waals surface area contributed by atoms with Crippen LogP contribution in [0.5, 0.6) is 0 Å². The van der Waals surface area contributed by atoms with Crippen LogP contribution in [0.1, 0.15) is 13.3 Å². The van der Waals surface area contributed by atoms with Crippen LogP contribution in [0, 0.1) is 5.41 Å². The highest BCUT2D eigenvalue weighted by Crippen LogP contribution is 2.55. The summed E-state index contributed by atoms with van der Waals surface area (Å²) in [6.45, 7) is 1.71. The third-order valence-electron chi connectivity index (χ3n) is 3.22. The highest BCUT2D eigenvalue weighted by molar-refractivity contribution is 9.12. The first-order valence-electron chi connectivity index (χ1n) is 4.72. The summed E-state index contributed by atoms with van der Waals surface area (Å²) in [6.07, 6.45) is 1.70. The third kappa shape index (κ3) is 1.32. The van der Waals surface area contributed by atoms with Gasteiger partial charge in [0.2, 0.25) is 0 Å². The fourth-order valence-electron chi connectivity index (χ4n) is 2.11. The second-order valence-electron chi connectivity index (χ2n) is 4.16. The van der Waals surface area contributed by atoms with Gasteiger partial charge in [0.1, 0.15) is 6.10 Å². The summed E-state index contributed by atoms with van der Waals surface area (Å²) < 4.78 is 9.60. The number of esters is 2. The Morgan fingerprint density at radius 2 is 2.31 bits per heavy atom. The first kappa shape index (κ1) is 12.1. The van der Waals surface area contributed by atoms with Crippen molar-refractivity contribution in [1.82, 2.24) is 0 Å². The lowest BCUT2D eigenvalue weighted by atomic mass is 9.67. The number of methoxy groups -OCH3 is 1. The van der Waals surface area contributed by atoms with Crippen molar-refractivity contribution < 1.29 is 19.1 Å². The summed E-state index contributed by atoms with van der Waals surface area (Å²) in [5, 5.41) is 0. The Labute approximate surface area is 110 Å². The predicted molar refractivity (Wildman–Crippen MR) is 63.3 cm³/mol. The third-order valence-corrected chi connectivity index (χ3v) is 5.39. The van der Waals surface area contributed by atoms with Gasteiger partial charge in [0.05, 0.1) is 12.5 Å². The fourth-order valence-corrected chi connectivity index (χ4v) is 3.68. The monoisotopic (exact) mass is 352 g/mol. The van der Waals surface area contributed by atoms with Crippen molar-refractivity contribution in [3.8, 4) is 0 Å². The zero-order valence-corrected chi connectivity index (χ0v) is 11.9. The second kappa shape index (κ2) is 3.57. The average molecular weight is 354 g/mol. The van der Waals surface area contributed by atoms with Gasteiger partial charge in [-0.15, -0.1) is 0 Å². The predicted octanol–water partition coefficient (Wildman–Crippen LogP) is 1.91. The van der Waals surface area contributed by atoms with Crippen LogP contribution in [0.3, 0.4) is 0 Å². The number of alkyl halides is 1. The average Bonchev–Trinajstić information content (AvgIpc) is 2.22. The number of halogens is 2. The number of carbonyl (C=O) groups excluding carboxylic acids is 2. The van der Waals surface area contributed by atoms with Gasteiger partial charge in [0, 0.05) is 10.9 Å². The van der Waals surface area contributed by atoms with Crippen LogP contribution >= 0.6 is 31.9 Å². The lowest BCUT2D eigenvalue weighted by Gasteiger charge is -2.49. The summed E-state index contributed by atoms with van der Waals surface area (Å²) in [7, 11) is 1.32. The number of hydrogen-bond donors (Lipinski definition) is 0. The van der Waals surface area contributed by atoms with Gasteiger partial charge in [0.25, 0.3) is 0 Å². The lowest BCUT2D eigenvalue weighted by Crippen LogP contribution is -2.61. The molecule has 0 amide bonds. The molecule has 3 atom stereocenters. The van der Waals surface area contributed by atoms with Gasteiger partial charge in [-0.25, -0.2) is 0 Å². The zero-order valence-electron chi connectivity index (χ0n) is 8.75. The van der Waals surface area contributed by atoms with E-state index in [0.717, 1.165) is 4.48 Å². The lowest BCUT2D eigenvalue weighted by molar-refractivity contribution is -0.176. The zero-order chi connectivity index (χ0) is 12.1. The van der Waals surface area contributed by atoms with Gasteiger partial charge in [-0.05, 0) is 13.0 Å². The molecule has 0 radical (unpaired) electrons. The van der Waals surface area contributed by atoms with Gasteiger partial charge < -0.3 is 9.47 Å². The molecule has 3 rings (SSSR count). The van der Waals surface area contributed by atoms with Crippen molar-refractivity contribution in [1.29, 1.82) is 0 Å². The SMILES string of the molecule is COC(=O)[C@]1(C)C[C@@H]2OC(=O)[C@@]1(Br)C=C2Br. The summed E-state index contributed by atoms with van der Waals surface area (Å²) in [6, 6.07) is 0. The van der Waals surface area contributed by atoms with Crippen LogP contribution in [0.2, 0.25) is 0 Å². The highest BCUT2D eigenvalue weighted by Gasteiger charge is 2.65. The molecule has 3 aliphatic rings. The molecule has 1 aliphatic carbocycles. The minimum atomic E-state index is -1.14. The van der Waals surface area contributed by atoms with Crippen LogP contribution in [0.25, 0.3) is 0 Å². The number of ether oxygens (including phenoxy) is 2. The van der Waals surface area contributed by atoms with Crippen LogP contribution in [-0.2, 0) is 19.1 Å². The molecule has 0 saturated carbocycles. The van der Waals surface area contributed by atoms with E-state index in [4.69, 9.17) is 9.47 Å². The van der Waals surface area contributed by atoms with Crippen LogP contribution in [-0.4, -0.2) is 29.5 Å². The van der Waals surface area contributed by atoms with Crippen LogP contribution in [0.15, 0.2) is 10.6 Å². The topological polar surface area (TPSA) is 52.6 Å². The van der Waals surface area contributed by atoms with E-state index in [9.17, 15) is 9.59 Å². The van der Waals surface area contributed by atoms with Crippen molar-refractivity contribution in [3.05, 3.63) is 10.6 Å². The Kier molecular flexibility index (Phi) is 2.70. The molecule has 1 fully saturated rings. The molecular weight excluding hydrogens is 344 g/mol. The van der Waals surface area contributed by atoms with E-state index in [2.05, 4.69) is 31.9 Å². The molecule has 0 unspecified atom stereocenters. The smallest absolute Gasteiger partial charge is 0.328 e. The summed E-state index contributed by atoms with van der Waals surface area (Å²) in [5.41, 5.74) is -0.932. The van der Waals surface area contributed by atoms with Gasteiger partial charge in [0.15, 0.2) is 4.32 Å². The van der Waals surface area contributed by atoms with Gasteiger partial charge in [-0.3, -0.25) is 9.59 Å². The molecule has 0 N–H and O–H groups in total. The number of hydrogen-bond acceptors (Lipinski definition) is 4. The number of rotatable bonds is 1. The van der Waals surface area contributed by atoms with Gasteiger partial charge in [-0.1, -0.05) is 31.9 Å². The molecule has 1 saturated heterocycles. The molecule has 6 heteroatoms. The second-order valence-corrected chi connectivity index (χ2v) is 6.33. The maximum Gasteiger partial charge on any atom is 0.328 e. The number of carbonyl (C=O) groups is 2. The molecule has 2 bridgehead atoms. The minimum absolute atomic E-state index is 0.393. The van der Waals surface area contributed by atoms with E-state index in [1.807, 2.05) is 0 Å². The van der Waals surface area contributed by atoms with E-state index in [1.54, 1.807) is 13.0 Å². The molecule has 4 nitrogen and oxygen atoms in total. The van der Waals surface area contributed by atoms with Crippen LogP contribution in [0.4, 0.5) is 0 Å². The Morgan fingerprint density at radius 3 is 2.88 bits per heavy atom. The quantitative estimate of drug-likeness (QED) is 0.533. The molecule has 0 spiro atoms. The fraction of sp³-hybridized carbons (Fsp3) is 0.600. The van der Waals surface area contributed by atoms with Crippen molar-refractivity contribution in [2.45, 2.75) is 23.8 Å². The van der Waals surface area contributed by atoms with E-state index in [0.29, 0.717) is 6.42 Å². The molecule has 0 aromatic heterocycles. The maximum absolute atomic E-state index is 11.8. The van der Waals surface area contributed by atoms with E-state index >= 15 is 0 Å². The Bertz CT molecular complexity index is 406. The molecule has 0 aromatic rings. The Hall–Kier alpha value is -0.360. The summed E-state index contributed by atoms with van der Waals surface area (Å²) in [4.78, 5) is 23.6. The number of fused-ring (bicyclic) bond motifs is 2. The molecule has 2 aliphatic heterocycles.